The molecular weight excluding hydrogens is 198 g/mol. The molecule has 2 rings (SSSR count). The first kappa shape index (κ1) is 9.66. The predicted molar refractivity (Wildman–Crippen MR) is 55.5 cm³/mol. The van der Waals surface area contributed by atoms with Gasteiger partial charge in [0.25, 0.3) is 0 Å². The molecule has 0 radical (unpaired) electrons. The molecule has 1 heterocycles. The average Bonchev–Trinajstić information content (AvgIpc) is 2.18. The van der Waals surface area contributed by atoms with Gasteiger partial charge in [0.1, 0.15) is 10.9 Å². The van der Waals surface area contributed by atoms with Crippen LogP contribution in [-0.4, -0.2) is 10.8 Å². The van der Waals surface area contributed by atoms with Gasteiger partial charge < -0.3 is 0 Å². The van der Waals surface area contributed by atoms with Gasteiger partial charge in [0, 0.05) is 6.42 Å². The lowest BCUT2D eigenvalue weighted by Gasteiger charge is -2.19. The second-order valence-electron chi connectivity index (χ2n) is 3.65. The third-order valence-corrected chi connectivity index (χ3v) is 2.86. The lowest BCUT2D eigenvalue weighted by Crippen LogP contribution is -2.17. The Kier molecular flexibility index (Phi) is 2.82. The summed E-state index contributed by atoms with van der Waals surface area (Å²) in [4.78, 5) is 15.8. The van der Waals surface area contributed by atoms with Crippen molar-refractivity contribution in [3.63, 3.8) is 0 Å². The minimum absolute atomic E-state index is 0.0116. The van der Waals surface area contributed by atoms with Gasteiger partial charge in [-0.15, -0.1) is 0 Å². The van der Waals surface area contributed by atoms with E-state index in [9.17, 15) is 4.79 Å². The Labute approximate surface area is 88.3 Å². The number of ketones is 1. The minimum Gasteiger partial charge on any atom is -0.299 e. The number of carbonyl (C=O) groups excluding carboxylic acids is 1. The molecule has 0 spiro atoms. The Morgan fingerprint density at radius 3 is 2.93 bits per heavy atom. The fourth-order valence-corrected chi connectivity index (χ4v) is 2.08. The van der Waals surface area contributed by atoms with E-state index in [0.29, 0.717) is 17.4 Å². The monoisotopic (exact) mass is 209 g/mol. The smallest absolute Gasteiger partial charge is 0.141 e. The minimum atomic E-state index is -0.0116. The van der Waals surface area contributed by atoms with Crippen LogP contribution in [0.3, 0.4) is 0 Å². The molecule has 1 aromatic rings. The highest BCUT2D eigenvalue weighted by Gasteiger charge is 2.24. The Bertz CT molecular complexity index is 351. The fourth-order valence-electron chi connectivity index (χ4n) is 1.91. The van der Waals surface area contributed by atoms with Gasteiger partial charge in [0.2, 0.25) is 0 Å². The van der Waals surface area contributed by atoms with Crippen LogP contribution in [0.5, 0.6) is 0 Å². The molecule has 1 aliphatic carbocycles. The number of hydrogen-bond acceptors (Lipinski definition) is 2. The fraction of sp³-hybridized carbons (Fsp3) is 0.455. The number of rotatable bonds is 1. The second-order valence-corrected chi connectivity index (χ2v) is 4.04. The molecule has 0 N–H and O–H groups in total. The zero-order valence-corrected chi connectivity index (χ0v) is 8.63. The molecule has 0 bridgehead atoms. The zero-order chi connectivity index (χ0) is 9.97. The van der Waals surface area contributed by atoms with E-state index in [1.165, 1.54) is 0 Å². The van der Waals surface area contributed by atoms with Gasteiger partial charge in [-0.25, -0.2) is 4.98 Å². The average molecular weight is 210 g/mol. The summed E-state index contributed by atoms with van der Waals surface area (Å²) in [7, 11) is 0. The molecule has 1 saturated carbocycles. The highest BCUT2D eigenvalue weighted by atomic mass is 35.5. The quantitative estimate of drug-likeness (QED) is 0.666. The summed E-state index contributed by atoms with van der Waals surface area (Å²) < 4.78 is 0. The summed E-state index contributed by atoms with van der Waals surface area (Å²) in [6, 6.07) is 5.48. The molecule has 1 aliphatic rings. The molecule has 3 heteroatoms. The molecule has 0 aromatic carbocycles. The first-order chi connectivity index (χ1) is 6.77. The number of hydrogen-bond donors (Lipinski definition) is 0. The number of nitrogens with zero attached hydrogens (tertiary/aromatic N) is 1. The van der Waals surface area contributed by atoms with E-state index in [0.717, 1.165) is 25.0 Å². The molecule has 14 heavy (non-hydrogen) atoms. The number of aromatic nitrogens is 1. The van der Waals surface area contributed by atoms with Crippen molar-refractivity contribution in [2.45, 2.75) is 31.6 Å². The third kappa shape index (κ3) is 1.95. The normalized spacial score (nSPS) is 22.4. The van der Waals surface area contributed by atoms with E-state index in [2.05, 4.69) is 4.98 Å². The van der Waals surface area contributed by atoms with Crippen molar-refractivity contribution in [2.75, 3.05) is 0 Å². The summed E-state index contributed by atoms with van der Waals surface area (Å²) in [5, 5.41) is 0.473. The molecule has 0 amide bonds. The Balaban J connectivity index is 2.24. The van der Waals surface area contributed by atoms with Gasteiger partial charge in [-0.1, -0.05) is 24.1 Å². The van der Waals surface area contributed by atoms with E-state index in [-0.39, 0.29) is 5.92 Å². The first-order valence-electron chi connectivity index (χ1n) is 4.92. The lowest BCUT2D eigenvalue weighted by atomic mass is 9.85. The Morgan fingerprint density at radius 2 is 2.21 bits per heavy atom. The van der Waals surface area contributed by atoms with Crippen LogP contribution in [0.2, 0.25) is 5.15 Å². The second kappa shape index (κ2) is 4.09. The third-order valence-electron chi connectivity index (χ3n) is 2.65. The van der Waals surface area contributed by atoms with Crippen LogP contribution in [0.4, 0.5) is 0 Å². The van der Waals surface area contributed by atoms with Gasteiger partial charge in [0.05, 0.1) is 11.6 Å². The Morgan fingerprint density at radius 1 is 1.36 bits per heavy atom. The van der Waals surface area contributed by atoms with Crippen molar-refractivity contribution in [1.29, 1.82) is 0 Å². The van der Waals surface area contributed by atoms with Crippen LogP contribution in [0.15, 0.2) is 18.2 Å². The van der Waals surface area contributed by atoms with Crippen LogP contribution in [0, 0.1) is 0 Å². The lowest BCUT2D eigenvalue weighted by molar-refractivity contribution is -0.121. The van der Waals surface area contributed by atoms with Crippen molar-refractivity contribution in [3.05, 3.63) is 29.0 Å². The van der Waals surface area contributed by atoms with E-state index >= 15 is 0 Å². The summed E-state index contributed by atoms with van der Waals surface area (Å²) in [5.41, 5.74) is 0.835. The van der Waals surface area contributed by atoms with Crippen LogP contribution in [0.25, 0.3) is 0 Å². The highest BCUT2D eigenvalue weighted by Crippen LogP contribution is 2.29. The molecular formula is C11H12ClNO. The van der Waals surface area contributed by atoms with Gasteiger partial charge >= 0.3 is 0 Å². The van der Waals surface area contributed by atoms with Crippen molar-refractivity contribution in [2.24, 2.45) is 0 Å². The highest BCUT2D eigenvalue weighted by molar-refractivity contribution is 6.29. The van der Waals surface area contributed by atoms with Crippen LogP contribution in [-0.2, 0) is 4.79 Å². The van der Waals surface area contributed by atoms with Crippen molar-refractivity contribution in [3.8, 4) is 0 Å². The molecule has 2 nitrogen and oxygen atoms in total. The van der Waals surface area contributed by atoms with Crippen molar-refractivity contribution < 1.29 is 4.79 Å². The zero-order valence-electron chi connectivity index (χ0n) is 7.87. The van der Waals surface area contributed by atoms with Crippen LogP contribution < -0.4 is 0 Å². The number of Topliss-reactive ketones (excluding diaryl/α,β-unsaturated/α-hetero) is 1. The Hall–Kier alpha value is -0.890. The first-order valence-corrected chi connectivity index (χ1v) is 5.30. The molecule has 0 saturated heterocycles. The number of carbonyl (C=O) groups is 1. The summed E-state index contributed by atoms with van der Waals surface area (Å²) >= 11 is 5.79. The van der Waals surface area contributed by atoms with Crippen molar-refractivity contribution >= 4 is 17.4 Å². The molecule has 1 unspecified atom stereocenters. The van der Waals surface area contributed by atoms with E-state index < -0.39 is 0 Å². The molecule has 1 atom stereocenters. The van der Waals surface area contributed by atoms with E-state index in [1.807, 2.05) is 12.1 Å². The van der Waals surface area contributed by atoms with Crippen LogP contribution in [0.1, 0.15) is 37.3 Å². The van der Waals surface area contributed by atoms with Crippen LogP contribution >= 0.6 is 11.6 Å². The number of pyridine rings is 1. The summed E-state index contributed by atoms with van der Waals surface area (Å²) in [6.45, 7) is 0. The maximum absolute atomic E-state index is 11.6. The number of halogens is 1. The largest absolute Gasteiger partial charge is 0.299 e. The standard InChI is InChI=1S/C11H12ClNO/c12-11-7-3-5-9(13-11)8-4-1-2-6-10(8)14/h3,5,7-8H,1-2,4,6H2. The maximum Gasteiger partial charge on any atom is 0.141 e. The van der Waals surface area contributed by atoms with Gasteiger partial charge in [-0.3, -0.25) is 4.79 Å². The molecule has 1 fully saturated rings. The molecule has 0 aliphatic heterocycles. The SMILES string of the molecule is O=C1CCCCC1c1cccc(Cl)n1. The summed E-state index contributed by atoms with van der Waals surface area (Å²) in [6.07, 6.45) is 3.76. The topological polar surface area (TPSA) is 30.0 Å². The maximum atomic E-state index is 11.6. The van der Waals surface area contributed by atoms with Gasteiger partial charge in [-0.05, 0) is 25.0 Å². The summed E-state index contributed by atoms with van der Waals surface area (Å²) in [5.74, 6) is 0.300. The van der Waals surface area contributed by atoms with Gasteiger partial charge in [-0.2, -0.15) is 0 Å². The van der Waals surface area contributed by atoms with E-state index in [4.69, 9.17) is 11.6 Å². The predicted octanol–water partition coefficient (Wildman–Crippen LogP) is 2.96. The molecule has 1 aromatic heterocycles. The van der Waals surface area contributed by atoms with Gasteiger partial charge in [0.15, 0.2) is 0 Å². The molecule has 74 valence electrons. The van der Waals surface area contributed by atoms with Crippen molar-refractivity contribution in [1.82, 2.24) is 4.98 Å². The van der Waals surface area contributed by atoms with E-state index in [1.54, 1.807) is 6.07 Å².